The number of benzene rings is 1. The van der Waals surface area contributed by atoms with Crippen LogP contribution in [0, 0.1) is 6.92 Å². The van der Waals surface area contributed by atoms with Crippen LogP contribution in [0.3, 0.4) is 0 Å². The van der Waals surface area contributed by atoms with Crippen LogP contribution in [0.2, 0.25) is 0 Å². The molecular formula is C12H16BrN3O2. The largest absolute Gasteiger partial charge is 0.409 e. The number of amides is 1. The van der Waals surface area contributed by atoms with Crippen LogP contribution >= 0.6 is 15.9 Å². The third kappa shape index (κ3) is 3.22. The number of nitrogens with two attached hydrogens (primary N) is 1. The number of nitrogens with zero attached hydrogens (tertiary/aromatic N) is 1. The first-order chi connectivity index (χ1) is 8.27. The second kappa shape index (κ2) is 5.39. The molecule has 1 rings (SSSR count). The van der Waals surface area contributed by atoms with E-state index in [1.54, 1.807) is 26.0 Å². The summed E-state index contributed by atoms with van der Waals surface area (Å²) in [6.07, 6.45) is 0. The number of halogens is 1. The second-order valence-electron chi connectivity index (χ2n) is 4.52. The maximum atomic E-state index is 12.1. The summed E-state index contributed by atoms with van der Waals surface area (Å²) in [5, 5.41) is 14.3. The van der Waals surface area contributed by atoms with Gasteiger partial charge in [0.15, 0.2) is 5.84 Å². The average molecular weight is 314 g/mol. The van der Waals surface area contributed by atoms with E-state index in [9.17, 15) is 4.79 Å². The van der Waals surface area contributed by atoms with Gasteiger partial charge in [-0.3, -0.25) is 4.79 Å². The fourth-order valence-electron chi connectivity index (χ4n) is 1.42. The molecule has 98 valence electrons. The molecule has 0 heterocycles. The van der Waals surface area contributed by atoms with Crippen LogP contribution in [0.15, 0.2) is 27.8 Å². The van der Waals surface area contributed by atoms with E-state index in [-0.39, 0.29) is 11.7 Å². The molecule has 0 saturated heterocycles. The number of carbonyl (C=O) groups excluding carboxylic acids is 1. The van der Waals surface area contributed by atoms with Gasteiger partial charge >= 0.3 is 0 Å². The number of oxime groups is 1. The third-order valence-corrected chi connectivity index (χ3v) is 3.10. The third-order valence-electron chi connectivity index (χ3n) is 2.61. The first-order valence-electron chi connectivity index (χ1n) is 5.34. The van der Waals surface area contributed by atoms with Crippen molar-refractivity contribution in [3.8, 4) is 0 Å². The summed E-state index contributed by atoms with van der Waals surface area (Å²) in [7, 11) is 0. The van der Waals surface area contributed by atoms with E-state index in [2.05, 4.69) is 26.4 Å². The molecule has 1 aromatic carbocycles. The van der Waals surface area contributed by atoms with E-state index in [1.165, 1.54) is 0 Å². The summed E-state index contributed by atoms with van der Waals surface area (Å²) in [6.45, 7) is 5.17. The van der Waals surface area contributed by atoms with Crippen molar-refractivity contribution in [3.63, 3.8) is 0 Å². The van der Waals surface area contributed by atoms with Gasteiger partial charge in [-0.2, -0.15) is 0 Å². The van der Waals surface area contributed by atoms with E-state index in [1.807, 2.05) is 13.0 Å². The molecule has 0 aliphatic rings. The topological polar surface area (TPSA) is 87.7 Å². The van der Waals surface area contributed by atoms with E-state index in [4.69, 9.17) is 10.9 Å². The van der Waals surface area contributed by atoms with Crippen molar-refractivity contribution in [1.82, 2.24) is 5.32 Å². The Hall–Kier alpha value is -1.56. The molecular weight excluding hydrogens is 298 g/mol. The molecule has 0 radical (unpaired) electrons. The molecule has 1 amide bonds. The molecule has 0 fully saturated rings. The average Bonchev–Trinajstić information content (AvgIpc) is 2.26. The maximum absolute atomic E-state index is 12.1. The predicted octanol–water partition coefficient (Wildman–Crippen LogP) is 2.01. The fraction of sp³-hybridized carbons (Fsp3) is 0.333. The highest BCUT2D eigenvalue weighted by Crippen LogP contribution is 2.16. The van der Waals surface area contributed by atoms with Crippen molar-refractivity contribution >= 4 is 27.7 Å². The van der Waals surface area contributed by atoms with Gasteiger partial charge in [-0.1, -0.05) is 21.1 Å². The zero-order valence-corrected chi connectivity index (χ0v) is 12.1. The van der Waals surface area contributed by atoms with Crippen molar-refractivity contribution in [2.75, 3.05) is 0 Å². The van der Waals surface area contributed by atoms with Gasteiger partial charge < -0.3 is 16.3 Å². The molecule has 0 aliphatic carbocycles. The highest BCUT2D eigenvalue weighted by molar-refractivity contribution is 9.10. The van der Waals surface area contributed by atoms with Crippen molar-refractivity contribution in [1.29, 1.82) is 0 Å². The Morgan fingerprint density at radius 3 is 2.61 bits per heavy atom. The van der Waals surface area contributed by atoms with Gasteiger partial charge in [0, 0.05) is 10.0 Å². The number of nitrogens with one attached hydrogen (secondary N) is 1. The summed E-state index contributed by atoms with van der Waals surface area (Å²) in [5.74, 6) is -0.317. The van der Waals surface area contributed by atoms with Crippen LogP contribution in [0.4, 0.5) is 0 Å². The molecule has 6 heteroatoms. The molecule has 0 aliphatic heterocycles. The smallest absolute Gasteiger partial charge is 0.252 e. The molecule has 1 aromatic rings. The Balaban J connectivity index is 2.96. The highest BCUT2D eigenvalue weighted by atomic mass is 79.9. The van der Waals surface area contributed by atoms with Crippen molar-refractivity contribution in [2.24, 2.45) is 10.9 Å². The Bertz CT molecular complexity index is 498. The fourth-order valence-corrected chi connectivity index (χ4v) is 1.90. The van der Waals surface area contributed by atoms with Gasteiger partial charge in [0.1, 0.15) is 0 Å². The number of hydrogen-bond donors (Lipinski definition) is 3. The lowest BCUT2D eigenvalue weighted by atomic mass is 10.0. The number of hydrogen-bond acceptors (Lipinski definition) is 3. The van der Waals surface area contributed by atoms with Crippen molar-refractivity contribution < 1.29 is 10.0 Å². The molecule has 0 aromatic heterocycles. The molecule has 18 heavy (non-hydrogen) atoms. The normalized spacial score (nSPS) is 12.3. The molecule has 5 nitrogen and oxygen atoms in total. The summed E-state index contributed by atoms with van der Waals surface area (Å²) in [5.41, 5.74) is 6.00. The van der Waals surface area contributed by atoms with Gasteiger partial charge in [0.25, 0.3) is 5.91 Å². The molecule has 0 bridgehead atoms. The number of rotatable bonds is 3. The first-order valence-corrected chi connectivity index (χ1v) is 6.14. The second-order valence-corrected chi connectivity index (χ2v) is 5.44. The minimum atomic E-state index is -0.911. The molecule has 0 atom stereocenters. The van der Waals surface area contributed by atoms with Crippen molar-refractivity contribution in [2.45, 2.75) is 26.3 Å². The monoisotopic (exact) mass is 313 g/mol. The van der Waals surface area contributed by atoms with Gasteiger partial charge in [-0.05, 0) is 44.5 Å². The van der Waals surface area contributed by atoms with Gasteiger partial charge in [-0.15, -0.1) is 0 Å². The summed E-state index contributed by atoms with van der Waals surface area (Å²) < 4.78 is 0.909. The van der Waals surface area contributed by atoms with Crippen LogP contribution in [0.25, 0.3) is 0 Å². The first kappa shape index (κ1) is 14.5. The summed E-state index contributed by atoms with van der Waals surface area (Å²) in [6, 6.07) is 5.36. The predicted molar refractivity (Wildman–Crippen MR) is 73.8 cm³/mol. The van der Waals surface area contributed by atoms with Gasteiger partial charge in [0.2, 0.25) is 0 Å². The van der Waals surface area contributed by atoms with E-state index < -0.39 is 5.54 Å². The zero-order valence-electron chi connectivity index (χ0n) is 10.5. The Labute approximate surface area is 114 Å². The lowest BCUT2D eigenvalue weighted by Gasteiger charge is -2.24. The number of aryl methyl sites for hydroxylation is 1. The van der Waals surface area contributed by atoms with Gasteiger partial charge in [-0.25, -0.2) is 0 Å². The van der Waals surface area contributed by atoms with E-state index in [0.717, 1.165) is 10.0 Å². The maximum Gasteiger partial charge on any atom is 0.252 e. The molecule has 4 N–H and O–H groups in total. The Morgan fingerprint density at radius 1 is 1.50 bits per heavy atom. The summed E-state index contributed by atoms with van der Waals surface area (Å²) in [4.78, 5) is 12.1. The zero-order chi connectivity index (χ0) is 13.9. The van der Waals surface area contributed by atoms with Crippen LogP contribution < -0.4 is 11.1 Å². The lowest BCUT2D eigenvalue weighted by Crippen LogP contribution is -2.53. The van der Waals surface area contributed by atoms with Crippen molar-refractivity contribution in [3.05, 3.63) is 33.8 Å². The van der Waals surface area contributed by atoms with Crippen LogP contribution in [0.1, 0.15) is 29.8 Å². The van der Waals surface area contributed by atoms with Crippen LogP contribution in [-0.2, 0) is 0 Å². The quantitative estimate of drug-likeness (QED) is 0.345. The Morgan fingerprint density at radius 2 is 2.11 bits per heavy atom. The SMILES string of the molecule is Cc1cc(Br)ccc1C(=O)NC(C)(C)/C(N)=N/O. The van der Waals surface area contributed by atoms with Gasteiger partial charge in [0.05, 0.1) is 5.54 Å². The summed E-state index contributed by atoms with van der Waals surface area (Å²) >= 11 is 3.34. The molecule has 0 saturated carbocycles. The molecule has 0 spiro atoms. The van der Waals surface area contributed by atoms with Crippen LogP contribution in [-0.4, -0.2) is 22.5 Å². The number of amidine groups is 1. The lowest BCUT2D eigenvalue weighted by molar-refractivity contribution is 0.0930. The standard InChI is InChI=1S/C12H16BrN3O2/c1-7-6-8(13)4-5-9(7)10(17)15-12(2,3)11(14)16-18/h4-6,18H,1-3H3,(H2,14,16)(H,15,17). The minimum absolute atomic E-state index is 0.0504. The van der Waals surface area contributed by atoms with Crippen LogP contribution in [0.5, 0.6) is 0 Å². The molecule has 0 unspecified atom stereocenters. The number of carbonyl (C=O) groups is 1. The Kier molecular flexibility index (Phi) is 4.34. The van der Waals surface area contributed by atoms with E-state index >= 15 is 0 Å². The highest BCUT2D eigenvalue weighted by Gasteiger charge is 2.26. The minimum Gasteiger partial charge on any atom is -0.409 e. The van der Waals surface area contributed by atoms with E-state index in [0.29, 0.717) is 5.56 Å².